The number of rotatable bonds is 56. The molecule has 1 amide bonds. The number of amides is 1. The number of unbranched alkanes of at least 4 members (excludes halogenated alkanes) is 48. The zero-order valence-electron chi connectivity index (χ0n) is 44.4. The highest BCUT2D eigenvalue weighted by molar-refractivity contribution is 5.80. The van der Waals surface area contributed by atoms with Gasteiger partial charge in [-0.15, -0.1) is 0 Å². The van der Waals surface area contributed by atoms with Crippen LogP contribution in [-0.2, 0) is 4.79 Å². The number of carbonyl (C=O) groups is 1. The summed E-state index contributed by atoms with van der Waals surface area (Å²) in [6.07, 6.45) is 70.3. The van der Waals surface area contributed by atoms with Crippen molar-refractivity contribution in [1.82, 2.24) is 5.32 Å². The third kappa shape index (κ3) is 50.8. The summed E-state index contributed by atoms with van der Waals surface area (Å²) in [4.78, 5) is 12.6. The molecule has 5 heteroatoms. The van der Waals surface area contributed by atoms with E-state index in [9.17, 15) is 20.1 Å². The maximum absolute atomic E-state index is 12.6. The third-order valence-corrected chi connectivity index (χ3v) is 14.4. The maximum Gasteiger partial charge on any atom is 0.249 e. The van der Waals surface area contributed by atoms with Gasteiger partial charge in [0.2, 0.25) is 5.91 Å². The van der Waals surface area contributed by atoms with Crippen LogP contribution in [0.3, 0.4) is 0 Å². The minimum Gasteiger partial charge on any atom is -0.394 e. The van der Waals surface area contributed by atoms with Crippen molar-refractivity contribution in [3.8, 4) is 0 Å². The van der Waals surface area contributed by atoms with E-state index in [-0.39, 0.29) is 6.61 Å². The van der Waals surface area contributed by atoms with Crippen LogP contribution in [0, 0.1) is 0 Å². The van der Waals surface area contributed by atoms with E-state index >= 15 is 0 Å². The number of aliphatic hydroxyl groups is 3. The molecule has 0 aliphatic carbocycles. The Labute approximate surface area is 408 Å². The van der Waals surface area contributed by atoms with E-state index in [1.165, 1.54) is 289 Å². The highest BCUT2D eigenvalue weighted by Crippen LogP contribution is 2.19. The van der Waals surface area contributed by atoms with Gasteiger partial charge in [0, 0.05) is 0 Å². The highest BCUT2D eigenvalue weighted by atomic mass is 16.3. The molecule has 0 aromatic carbocycles. The van der Waals surface area contributed by atoms with Gasteiger partial charge in [-0.3, -0.25) is 4.79 Å². The van der Waals surface area contributed by atoms with Crippen LogP contribution < -0.4 is 5.32 Å². The summed E-state index contributed by atoms with van der Waals surface area (Å²) < 4.78 is 0. The molecule has 5 nitrogen and oxygen atoms in total. The van der Waals surface area contributed by atoms with E-state index < -0.39 is 24.2 Å². The molecule has 0 bridgehead atoms. The first-order chi connectivity index (χ1) is 32.1. The molecule has 0 aliphatic rings. The second kappa shape index (κ2) is 55.7. The first-order valence-electron chi connectivity index (χ1n) is 30.0. The minimum atomic E-state index is -1.09. The molecule has 3 atom stereocenters. The fraction of sp³-hybridized carbons (Fsp3) is 0.950. The lowest BCUT2D eigenvalue weighted by Crippen LogP contribution is -2.48. The van der Waals surface area contributed by atoms with Crippen LogP contribution in [0.5, 0.6) is 0 Å². The molecule has 0 fully saturated rings. The summed E-state index contributed by atoms with van der Waals surface area (Å²) in [5.41, 5.74) is 0. The average molecular weight is 919 g/mol. The smallest absolute Gasteiger partial charge is 0.249 e. The molecule has 4 N–H and O–H groups in total. The minimum absolute atomic E-state index is 0.358. The van der Waals surface area contributed by atoms with Crippen molar-refractivity contribution in [1.29, 1.82) is 0 Å². The lowest BCUT2D eigenvalue weighted by molar-refractivity contribution is -0.131. The lowest BCUT2D eigenvalue weighted by atomic mass is 10.0. The third-order valence-electron chi connectivity index (χ3n) is 14.4. The molecule has 0 heterocycles. The van der Waals surface area contributed by atoms with Crippen molar-refractivity contribution in [2.75, 3.05) is 6.61 Å². The molecule has 0 spiro atoms. The quantitative estimate of drug-likeness (QED) is 0.0361. The fourth-order valence-electron chi connectivity index (χ4n) is 9.72. The largest absolute Gasteiger partial charge is 0.394 e. The van der Waals surface area contributed by atoms with Gasteiger partial charge < -0.3 is 20.6 Å². The van der Waals surface area contributed by atoms with Crippen molar-refractivity contribution in [2.24, 2.45) is 0 Å². The van der Waals surface area contributed by atoms with E-state index in [4.69, 9.17) is 0 Å². The van der Waals surface area contributed by atoms with Gasteiger partial charge in [-0.25, -0.2) is 0 Å². The maximum atomic E-state index is 12.6. The first kappa shape index (κ1) is 64.1. The number of hydrogen-bond donors (Lipinski definition) is 4. The molecule has 0 aliphatic heterocycles. The zero-order valence-corrected chi connectivity index (χ0v) is 44.4. The summed E-state index contributed by atoms with van der Waals surface area (Å²) in [6, 6.07) is -0.794. The highest BCUT2D eigenvalue weighted by Gasteiger charge is 2.22. The molecule has 0 saturated heterocycles. The lowest BCUT2D eigenvalue weighted by Gasteiger charge is -2.21. The first-order valence-corrected chi connectivity index (χ1v) is 30.0. The molecule has 3 unspecified atom stereocenters. The topological polar surface area (TPSA) is 89.8 Å². The van der Waals surface area contributed by atoms with Crippen LogP contribution in [-0.4, -0.2) is 46.1 Å². The van der Waals surface area contributed by atoms with E-state index in [1.54, 1.807) is 6.08 Å². The molecule has 0 radical (unpaired) electrons. The Hall–Kier alpha value is -0.910. The number of carbonyl (C=O) groups excluding carboxylic acids is 1. The Balaban J connectivity index is 3.48. The van der Waals surface area contributed by atoms with Gasteiger partial charge in [0.25, 0.3) is 0 Å². The number of nitrogens with one attached hydrogen (secondary N) is 1. The van der Waals surface area contributed by atoms with Crippen LogP contribution in [0.2, 0.25) is 0 Å². The van der Waals surface area contributed by atoms with Crippen LogP contribution in [0.25, 0.3) is 0 Å². The Kier molecular flexibility index (Phi) is 54.9. The van der Waals surface area contributed by atoms with Crippen molar-refractivity contribution < 1.29 is 20.1 Å². The van der Waals surface area contributed by atoms with Gasteiger partial charge in [0.05, 0.1) is 18.8 Å². The standard InChI is InChI=1S/C60H119NO4/c1-3-5-7-9-11-13-15-17-19-21-23-24-25-26-27-28-29-30-31-32-33-34-35-37-39-41-43-45-47-49-51-53-55-59(64)60(65)61-57(56-62)58(63)54-52-50-48-46-44-42-40-38-36-22-20-18-16-14-12-10-8-6-4-2/h52,54,57-59,62-64H,3-51,53,55-56H2,1-2H3,(H,61,65)/b54-52+. The van der Waals surface area contributed by atoms with Crippen LogP contribution in [0.1, 0.15) is 341 Å². The Morgan fingerprint density at radius 3 is 0.846 bits per heavy atom. The van der Waals surface area contributed by atoms with E-state index in [2.05, 4.69) is 19.2 Å². The molecular weight excluding hydrogens is 799 g/mol. The Morgan fingerprint density at radius 1 is 0.369 bits per heavy atom. The molecule has 388 valence electrons. The second-order valence-electron chi connectivity index (χ2n) is 20.9. The predicted molar refractivity (Wildman–Crippen MR) is 287 cm³/mol. The van der Waals surface area contributed by atoms with Gasteiger partial charge in [-0.1, -0.05) is 334 Å². The van der Waals surface area contributed by atoms with E-state index in [0.29, 0.717) is 6.42 Å². The molecule has 0 saturated carbocycles. The van der Waals surface area contributed by atoms with Crippen LogP contribution in [0.15, 0.2) is 12.2 Å². The summed E-state index contributed by atoms with van der Waals surface area (Å²) >= 11 is 0. The second-order valence-corrected chi connectivity index (χ2v) is 20.9. The van der Waals surface area contributed by atoms with Gasteiger partial charge in [-0.2, -0.15) is 0 Å². The predicted octanol–water partition coefficient (Wildman–Crippen LogP) is 18.7. The van der Waals surface area contributed by atoms with Crippen molar-refractivity contribution in [2.45, 2.75) is 360 Å². The molecule has 0 rings (SSSR count). The zero-order chi connectivity index (χ0) is 47.2. The van der Waals surface area contributed by atoms with Crippen molar-refractivity contribution >= 4 is 5.91 Å². The van der Waals surface area contributed by atoms with Crippen LogP contribution in [0.4, 0.5) is 0 Å². The SMILES string of the molecule is CCCCCCCCCCCCCCCCCCC/C=C/C(O)C(CO)NC(=O)C(O)CCCCCCCCCCCCCCCCCCCCCCCCCCCCCCCCCC. The van der Waals surface area contributed by atoms with Gasteiger partial charge in [-0.05, 0) is 19.3 Å². The molecule has 65 heavy (non-hydrogen) atoms. The molecular formula is C60H119NO4. The summed E-state index contributed by atoms with van der Waals surface area (Å²) in [5.74, 6) is -0.495. The van der Waals surface area contributed by atoms with E-state index in [1.807, 2.05) is 6.08 Å². The number of hydrogen-bond acceptors (Lipinski definition) is 4. The normalized spacial score (nSPS) is 13.2. The van der Waals surface area contributed by atoms with Gasteiger partial charge >= 0.3 is 0 Å². The van der Waals surface area contributed by atoms with Crippen molar-refractivity contribution in [3.05, 3.63) is 12.2 Å². The number of allylic oxidation sites excluding steroid dienone is 1. The van der Waals surface area contributed by atoms with E-state index in [0.717, 1.165) is 32.1 Å². The molecule has 0 aromatic heterocycles. The van der Waals surface area contributed by atoms with Gasteiger partial charge in [0.1, 0.15) is 6.10 Å². The summed E-state index contributed by atoms with van der Waals surface area (Å²) in [7, 11) is 0. The summed E-state index contributed by atoms with van der Waals surface area (Å²) in [5, 5.41) is 33.4. The van der Waals surface area contributed by atoms with Gasteiger partial charge in [0.15, 0.2) is 0 Å². The van der Waals surface area contributed by atoms with Crippen molar-refractivity contribution in [3.63, 3.8) is 0 Å². The number of aliphatic hydroxyl groups excluding tert-OH is 3. The monoisotopic (exact) mass is 918 g/mol. The summed E-state index contributed by atoms with van der Waals surface area (Å²) in [6.45, 7) is 4.23. The Morgan fingerprint density at radius 2 is 0.600 bits per heavy atom. The Bertz CT molecular complexity index is 925. The average Bonchev–Trinajstić information content (AvgIpc) is 3.31. The molecule has 0 aromatic rings. The fourth-order valence-corrected chi connectivity index (χ4v) is 9.72. The van der Waals surface area contributed by atoms with Crippen LogP contribution >= 0.6 is 0 Å².